The van der Waals surface area contributed by atoms with Gasteiger partial charge in [-0.2, -0.15) is 0 Å². The number of ether oxygens (including phenoxy) is 1. The van der Waals surface area contributed by atoms with E-state index in [1.807, 2.05) is 6.92 Å². The largest absolute Gasteiger partial charge is 0.507 e. The van der Waals surface area contributed by atoms with Crippen LogP contribution in [-0.2, 0) is 9.59 Å². The van der Waals surface area contributed by atoms with E-state index in [-0.39, 0.29) is 17.2 Å². The zero-order valence-electron chi connectivity index (χ0n) is 16.2. The van der Waals surface area contributed by atoms with Crippen molar-refractivity contribution in [3.05, 3.63) is 71.9 Å². The first-order chi connectivity index (χ1) is 13.8. The molecule has 1 aromatic rings. The first-order valence-electron chi connectivity index (χ1n) is 8.85. The first-order valence-corrected chi connectivity index (χ1v) is 8.85. The van der Waals surface area contributed by atoms with Crippen molar-refractivity contribution in [2.75, 3.05) is 7.11 Å². The van der Waals surface area contributed by atoms with E-state index in [1.165, 1.54) is 49.6 Å². The monoisotopic (exact) mass is 400 g/mol. The number of aromatic hydroxyl groups is 1. The van der Waals surface area contributed by atoms with Gasteiger partial charge in [-0.3, -0.25) is 4.79 Å². The van der Waals surface area contributed by atoms with E-state index in [1.54, 1.807) is 6.07 Å². The van der Waals surface area contributed by atoms with Crippen LogP contribution in [0.15, 0.2) is 60.7 Å². The van der Waals surface area contributed by atoms with Crippen LogP contribution in [0.25, 0.3) is 0 Å². The summed E-state index contributed by atoms with van der Waals surface area (Å²) in [4.78, 5) is 33.3. The van der Waals surface area contributed by atoms with Gasteiger partial charge in [0.25, 0.3) is 0 Å². The molecule has 0 saturated carbocycles. The number of methoxy groups -OCH3 is 1. The van der Waals surface area contributed by atoms with Crippen molar-refractivity contribution in [3.8, 4) is 11.5 Å². The van der Waals surface area contributed by atoms with Crippen LogP contribution in [0.5, 0.6) is 11.5 Å². The molecule has 0 bridgehead atoms. The van der Waals surface area contributed by atoms with Crippen molar-refractivity contribution in [1.82, 2.24) is 0 Å². The van der Waals surface area contributed by atoms with Crippen LogP contribution in [0.4, 0.5) is 0 Å². The van der Waals surface area contributed by atoms with Gasteiger partial charge in [0.15, 0.2) is 5.78 Å². The van der Waals surface area contributed by atoms with Gasteiger partial charge in [0.05, 0.1) is 12.7 Å². The third-order valence-corrected chi connectivity index (χ3v) is 3.99. The number of carboxylic acids is 2. The normalized spacial score (nSPS) is 12.9. The molecule has 7 nitrogen and oxygen atoms in total. The second kappa shape index (κ2) is 12.0. The lowest BCUT2D eigenvalue weighted by Gasteiger charge is -2.16. The number of ketones is 1. The highest BCUT2D eigenvalue weighted by molar-refractivity contribution is 6.07. The maximum Gasteiger partial charge on any atom is 0.328 e. The van der Waals surface area contributed by atoms with Gasteiger partial charge in [-0.1, -0.05) is 37.3 Å². The third-order valence-electron chi connectivity index (χ3n) is 3.99. The molecule has 29 heavy (non-hydrogen) atoms. The quantitative estimate of drug-likeness (QED) is 0.293. The van der Waals surface area contributed by atoms with Gasteiger partial charge in [-0.15, -0.1) is 0 Å². The molecule has 0 radical (unpaired) electrons. The second-order valence-corrected chi connectivity index (χ2v) is 6.14. The smallest absolute Gasteiger partial charge is 0.328 e. The van der Waals surface area contributed by atoms with E-state index < -0.39 is 17.7 Å². The molecule has 1 atom stereocenters. The molecule has 0 unspecified atom stereocenters. The molecule has 0 heterocycles. The van der Waals surface area contributed by atoms with Crippen LogP contribution in [0.3, 0.4) is 0 Å². The molecular formula is C22H24O7. The van der Waals surface area contributed by atoms with E-state index in [9.17, 15) is 19.5 Å². The fourth-order valence-electron chi connectivity index (χ4n) is 2.50. The summed E-state index contributed by atoms with van der Waals surface area (Å²) >= 11 is 0. The van der Waals surface area contributed by atoms with E-state index in [0.717, 1.165) is 12.2 Å². The van der Waals surface area contributed by atoms with Gasteiger partial charge in [0, 0.05) is 17.7 Å². The van der Waals surface area contributed by atoms with Crippen molar-refractivity contribution >= 4 is 17.7 Å². The molecule has 0 spiro atoms. The Kier molecular flexibility index (Phi) is 9.67. The summed E-state index contributed by atoms with van der Waals surface area (Å²) in [5.74, 6) is -2.40. The predicted octanol–water partition coefficient (Wildman–Crippen LogP) is 3.86. The van der Waals surface area contributed by atoms with Crippen LogP contribution < -0.4 is 4.74 Å². The summed E-state index contributed by atoms with van der Waals surface area (Å²) in [7, 11) is 1.46. The number of carboxylic acid groups (broad SMARTS) is 2. The number of carbonyl (C=O) groups is 3. The Labute approximate surface area is 168 Å². The lowest BCUT2D eigenvalue weighted by Crippen LogP contribution is -2.02. The topological polar surface area (TPSA) is 121 Å². The van der Waals surface area contributed by atoms with Gasteiger partial charge in [0.1, 0.15) is 11.5 Å². The van der Waals surface area contributed by atoms with Crippen LogP contribution >= 0.6 is 0 Å². The number of benzene rings is 1. The lowest BCUT2D eigenvalue weighted by molar-refractivity contribution is -0.132. The zero-order chi connectivity index (χ0) is 21.8. The maximum absolute atomic E-state index is 12.5. The molecule has 0 amide bonds. The molecule has 0 aliphatic carbocycles. The van der Waals surface area contributed by atoms with Gasteiger partial charge >= 0.3 is 11.9 Å². The number of rotatable bonds is 11. The Morgan fingerprint density at radius 1 is 1.00 bits per heavy atom. The average Bonchev–Trinajstić information content (AvgIpc) is 2.67. The fourth-order valence-corrected chi connectivity index (χ4v) is 2.50. The van der Waals surface area contributed by atoms with Crippen molar-refractivity contribution < 1.29 is 34.4 Å². The molecule has 154 valence electrons. The number of aliphatic carboxylic acids is 2. The number of phenols is 1. The molecular weight excluding hydrogens is 376 g/mol. The molecule has 0 aliphatic rings. The highest BCUT2D eigenvalue weighted by Gasteiger charge is 2.18. The average molecular weight is 400 g/mol. The number of hydrogen-bond donors (Lipinski definition) is 3. The van der Waals surface area contributed by atoms with Gasteiger partial charge in [0.2, 0.25) is 0 Å². The van der Waals surface area contributed by atoms with Gasteiger partial charge < -0.3 is 20.1 Å². The van der Waals surface area contributed by atoms with E-state index in [2.05, 4.69) is 0 Å². The summed E-state index contributed by atoms with van der Waals surface area (Å²) in [6.45, 7) is 1.87. The van der Waals surface area contributed by atoms with Crippen LogP contribution in [0.2, 0.25) is 0 Å². The van der Waals surface area contributed by atoms with Gasteiger partial charge in [-0.05, 0) is 37.0 Å². The minimum absolute atomic E-state index is 0.0815. The maximum atomic E-state index is 12.5. The minimum Gasteiger partial charge on any atom is -0.507 e. The third kappa shape index (κ3) is 8.30. The Balaban J connectivity index is 3.00. The van der Waals surface area contributed by atoms with Crippen LogP contribution in [-0.4, -0.2) is 40.2 Å². The van der Waals surface area contributed by atoms with Crippen molar-refractivity contribution in [2.45, 2.75) is 25.7 Å². The van der Waals surface area contributed by atoms with E-state index >= 15 is 0 Å². The highest BCUT2D eigenvalue weighted by atomic mass is 16.5. The summed E-state index contributed by atoms with van der Waals surface area (Å²) in [5, 5.41) is 27.7. The second-order valence-electron chi connectivity index (χ2n) is 6.14. The Bertz CT molecular complexity index is 860. The highest BCUT2D eigenvalue weighted by Crippen LogP contribution is 2.36. The molecule has 0 saturated heterocycles. The van der Waals surface area contributed by atoms with Crippen LogP contribution in [0, 0.1) is 0 Å². The first kappa shape index (κ1) is 23.4. The number of allylic oxidation sites excluding steroid dienone is 6. The number of hydrogen-bond acceptors (Lipinski definition) is 5. The summed E-state index contributed by atoms with van der Waals surface area (Å²) in [6.07, 6.45) is 11.6. The van der Waals surface area contributed by atoms with Crippen molar-refractivity contribution in [3.63, 3.8) is 0 Å². The Morgan fingerprint density at radius 3 is 2.21 bits per heavy atom. The van der Waals surface area contributed by atoms with Gasteiger partial charge in [-0.25, -0.2) is 9.59 Å². The van der Waals surface area contributed by atoms with E-state index in [0.29, 0.717) is 24.2 Å². The molecule has 1 rings (SSSR count). The van der Waals surface area contributed by atoms with Crippen molar-refractivity contribution in [2.24, 2.45) is 0 Å². The molecule has 0 aliphatic heterocycles. The summed E-state index contributed by atoms with van der Waals surface area (Å²) < 4.78 is 5.23. The SMILES string of the molecule is COc1cc(C(=O)C=CC=CC=CC(=O)O)c(O)c([C@H](C)CCC=CC(=O)O)c1. The summed E-state index contributed by atoms with van der Waals surface area (Å²) in [5.41, 5.74) is 0.614. The predicted molar refractivity (Wildman–Crippen MR) is 108 cm³/mol. The van der Waals surface area contributed by atoms with Crippen molar-refractivity contribution in [1.29, 1.82) is 0 Å². The minimum atomic E-state index is -1.07. The molecule has 3 N–H and O–H groups in total. The Morgan fingerprint density at radius 2 is 1.62 bits per heavy atom. The zero-order valence-corrected chi connectivity index (χ0v) is 16.2. The summed E-state index contributed by atoms with van der Waals surface area (Å²) in [6, 6.07) is 3.09. The standard InChI is InChI=1S/C22H24O7/c1-15(9-7-8-12-21(26)27)17-13-16(29-2)14-18(22(17)28)19(23)10-5-3-4-6-11-20(24)25/h3-6,8,10-15,28H,7,9H2,1-2H3,(H,24,25)(H,26,27)/t15-/m1/s1. The fraction of sp³-hybridized carbons (Fsp3) is 0.227. The van der Waals surface area contributed by atoms with Crippen LogP contribution in [0.1, 0.15) is 41.6 Å². The molecule has 0 aromatic heterocycles. The van der Waals surface area contributed by atoms with E-state index in [4.69, 9.17) is 14.9 Å². The Hall–Kier alpha value is -3.61. The lowest BCUT2D eigenvalue weighted by atomic mass is 9.92. The molecule has 0 fully saturated rings. The molecule has 1 aromatic carbocycles. The molecule has 7 heteroatoms. The number of carbonyl (C=O) groups excluding carboxylic acids is 1. The number of phenolic OH excluding ortho intramolecular Hbond substituents is 1.